The first-order valence-corrected chi connectivity index (χ1v) is 10.3. The van der Waals surface area contributed by atoms with E-state index < -0.39 is 10.0 Å². The molecule has 27 heavy (non-hydrogen) atoms. The number of fused-ring (bicyclic) bond motifs is 1. The van der Waals surface area contributed by atoms with Gasteiger partial charge in [0.15, 0.2) is 0 Å². The summed E-state index contributed by atoms with van der Waals surface area (Å²) in [5, 5.41) is 10.7. The van der Waals surface area contributed by atoms with Crippen LogP contribution in [0.2, 0.25) is 0 Å². The minimum absolute atomic E-state index is 0.116. The fourth-order valence-electron chi connectivity index (χ4n) is 3.26. The van der Waals surface area contributed by atoms with Crippen LogP contribution in [0.25, 0.3) is 22.2 Å². The van der Waals surface area contributed by atoms with E-state index in [1.807, 2.05) is 30.3 Å². The number of hydrogen-bond donors (Lipinski definition) is 1. The van der Waals surface area contributed by atoms with Crippen LogP contribution in [0, 0.1) is 11.3 Å². The average molecular weight is 383 g/mol. The molecule has 0 aliphatic carbocycles. The van der Waals surface area contributed by atoms with Crippen LogP contribution in [0.3, 0.4) is 0 Å². The lowest BCUT2D eigenvalue weighted by Crippen LogP contribution is -2.09. The number of aromatic nitrogens is 1. The zero-order chi connectivity index (χ0) is 19.8. The Balaban J connectivity index is 2.24. The zero-order valence-electron chi connectivity index (χ0n) is 15.6. The van der Waals surface area contributed by atoms with E-state index in [9.17, 15) is 13.7 Å². The van der Waals surface area contributed by atoms with Crippen LogP contribution in [-0.4, -0.2) is 26.4 Å². The predicted octanol–water partition coefficient (Wildman–Crippen LogP) is 4.14. The van der Waals surface area contributed by atoms with Crippen molar-refractivity contribution in [2.75, 3.05) is 18.1 Å². The second kappa shape index (κ2) is 6.97. The predicted molar refractivity (Wildman–Crippen MR) is 107 cm³/mol. The fraction of sp³-hybridized carbons (Fsp3) is 0.250. The van der Waals surface area contributed by atoms with Crippen LogP contribution in [0.5, 0.6) is 5.75 Å². The highest BCUT2D eigenvalue weighted by atomic mass is 32.2. The summed E-state index contributed by atoms with van der Waals surface area (Å²) in [6, 6.07) is 15.1. The molecule has 1 heterocycles. The van der Waals surface area contributed by atoms with E-state index in [0.717, 1.165) is 34.2 Å². The smallest absolute Gasteiger partial charge is 0.229 e. The second-order valence-corrected chi connectivity index (χ2v) is 8.38. The van der Waals surface area contributed by atoms with Gasteiger partial charge in [-0.3, -0.25) is 4.72 Å². The highest BCUT2D eigenvalue weighted by Crippen LogP contribution is 2.37. The highest BCUT2D eigenvalue weighted by molar-refractivity contribution is 7.92. The molecule has 1 N–H and O–H groups in total. The minimum Gasteiger partial charge on any atom is -0.497 e. The molecule has 3 aromatic rings. The summed E-state index contributed by atoms with van der Waals surface area (Å²) in [4.78, 5) is 0. The molecule has 0 spiro atoms. The molecule has 0 saturated heterocycles. The molecule has 0 aliphatic rings. The van der Waals surface area contributed by atoms with Crippen molar-refractivity contribution in [3.8, 4) is 23.1 Å². The Kier molecular flexibility index (Phi) is 4.85. The normalized spacial score (nSPS) is 11.6. The summed E-state index contributed by atoms with van der Waals surface area (Å²) in [6.45, 7) is 4.12. The molecule has 6 nitrogen and oxygen atoms in total. The number of nitriles is 1. The van der Waals surface area contributed by atoms with Crippen molar-refractivity contribution in [2.24, 2.45) is 0 Å². The van der Waals surface area contributed by atoms with Gasteiger partial charge in [-0.25, -0.2) is 8.42 Å². The van der Waals surface area contributed by atoms with E-state index in [0.29, 0.717) is 11.3 Å². The van der Waals surface area contributed by atoms with Crippen LogP contribution >= 0.6 is 0 Å². The molecule has 0 bridgehead atoms. The molecule has 0 saturated carbocycles. The maximum atomic E-state index is 11.4. The van der Waals surface area contributed by atoms with E-state index in [1.54, 1.807) is 19.2 Å². The summed E-state index contributed by atoms with van der Waals surface area (Å²) in [5.74, 6) is 0.727. The Hall–Kier alpha value is -2.98. The van der Waals surface area contributed by atoms with Gasteiger partial charge in [0.05, 0.1) is 30.1 Å². The number of anilines is 1. The Morgan fingerprint density at radius 3 is 2.33 bits per heavy atom. The van der Waals surface area contributed by atoms with Crippen molar-refractivity contribution in [2.45, 2.75) is 19.9 Å². The molecule has 0 amide bonds. The molecule has 7 heteroatoms. The minimum atomic E-state index is -3.34. The van der Waals surface area contributed by atoms with Gasteiger partial charge >= 0.3 is 0 Å². The number of ether oxygens (including phenoxy) is 1. The van der Waals surface area contributed by atoms with E-state index in [2.05, 4.69) is 29.2 Å². The van der Waals surface area contributed by atoms with Gasteiger partial charge in [0.1, 0.15) is 11.8 Å². The molecular weight excluding hydrogens is 362 g/mol. The van der Waals surface area contributed by atoms with Gasteiger partial charge < -0.3 is 9.30 Å². The second-order valence-electron chi connectivity index (χ2n) is 6.63. The van der Waals surface area contributed by atoms with Gasteiger partial charge in [-0.05, 0) is 43.7 Å². The zero-order valence-corrected chi connectivity index (χ0v) is 16.5. The van der Waals surface area contributed by atoms with Crippen LogP contribution in [0.4, 0.5) is 5.69 Å². The molecule has 0 atom stereocenters. The summed E-state index contributed by atoms with van der Waals surface area (Å²) >= 11 is 0. The summed E-state index contributed by atoms with van der Waals surface area (Å²) in [6.07, 6.45) is 1.11. The van der Waals surface area contributed by atoms with E-state index in [4.69, 9.17) is 4.74 Å². The summed E-state index contributed by atoms with van der Waals surface area (Å²) < 4.78 is 32.7. The third-order valence-corrected chi connectivity index (χ3v) is 4.91. The van der Waals surface area contributed by atoms with Crippen molar-refractivity contribution in [3.63, 3.8) is 0 Å². The topological polar surface area (TPSA) is 84.1 Å². The number of nitrogens with zero attached hydrogens (tertiary/aromatic N) is 2. The highest BCUT2D eigenvalue weighted by Gasteiger charge is 2.21. The average Bonchev–Trinajstić information content (AvgIpc) is 2.94. The molecule has 0 fully saturated rings. The standard InChI is InChI=1S/C20H21N3O3S/c1-13(2)23-19-11-16(26-3)9-10-17(19)18(12-21)20(23)14-5-7-15(8-6-14)22-27(4,24)25/h5-11,13,22H,1-4H3. The van der Waals surface area contributed by atoms with Crippen molar-refractivity contribution < 1.29 is 13.2 Å². The maximum absolute atomic E-state index is 11.4. The largest absolute Gasteiger partial charge is 0.497 e. The SMILES string of the molecule is COc1ccc2c(C#N)c(-c3ccc(NS(C)(=O)=O)cc3)n(C(C)C)c2c1. The van der Waals surface area contributed by atoms with Gasteiger partial charge in [-0.2, -0.15) is 5.26 Å². The third kappa shape index (κ3) is 3.62. The molecule has 0 unspecified atom stereocenters. The van der Waals surface area contributed by atoms with Crippen LogP contribution < -0.4 is 9.46 Å². The molecule has 140 valence electrons. The van der Waals surface area contributed by atoms with Crippen LogP contribution in [0.15, 0.2) is 42.5 Å². The Morgan fingerprint density at radius 2 is 1.81 bits per heavy atom. The number of rotatable bonds is 5. The van der Waals surface area contributed by atoms with Gasteiger partial charge in [-0.15, -0.1) is 0 Å². The number of sulfonamides is 1. The maximum Gasteiger partial charge on any atom is 0.229 e. The molecule has 3 rings (SSSR count). The van der Waals surface area contributed by atoms with Gasteiger partial charge in [0, 0.05) is 23.2 Å². The third-order valence-electron chi connectivity index (χ3n) is 4.30. The first kappa shape index (κ1) is 18.8. The van der Waals surface area contributed by atoms with E-state index in [-0.39, 0.29) is 6.04 Å². The first-order valence-electron chi connectivity index (χ1n) is 8.45. The Bertz CT molecular complexity index is 1140. The molecule has 1 aromatic heterocycles. The van der Waals surface area contributed by atoms with Crippen molar-refractivity contribution in [1.82, 2.24) is 4.57 Å². The van der Waals surface area contributed by atoms with Gasteiger partial charge in [0.25, 0.3) is 0 Å². The van der Waals surface area contributed by atoms with E-state index >= 15 is 0 Å². The van der Waals surface area contributed by atoms with Crippen molar-refractivity contribution >= 4 is 26.6 Å². The van der Waals surface area contributed by atoms with Crippen LogP contribution in [-0.2, 0) is 10.0 Å². The molecular formula is C20H21N3O3S. The first-order chi connectivity index (χ1) is 12.7. The van der Waals surface area contributed by atoms with Gasteiger partial charge in [-0.1, -0.05) is 12.1 Å². The quantitative estimate of drug-likeness (QED) is 0.718. The lowest BCUT2D eigenvalue weighted by Gasteiger charge is -2.16. The number of methoxy groups -OCH3 is 1. The fourth-order valence-corrected chi connectivity index (χ4v) is 3.83. The van der Waals surface area contributed by atoms with E-state index in [1.165, 1.54) is 0 Å². The van der Waals surface area contributed by atoms with Crippen LogP contribution in [0.1, 0.15) is 25.5 Å². The lowest BCUT2D eigenvalue weighted by atomic mass is 10.1. The summed E-state index contributed by atoms with van der Waals surface area (Å²) in [5.41, 5.74) is 3.64. The number of hydrogen-bond acceptors (Lipinski definition) is 4. The Morgan fingerprint density at radius 1 is 1.15 bits per heavy atom. The van der Waals surface area contributed by atoms with Gasteiger partial charge in [0.2, 0.25) is 10.0 Å². The lowest BCUT2D eigenvalue weighted by molar-refractivity contribution is 0.415. The molecule has 0 radical (unpaired) electrons. The van der Waals surface area contributed by atoms with Crippen molar-refractivity contribution in [3.05, 3.63) is 48.0 Å². The number of nitrogens with one attached hydrogen (secondary N) is 1. The van der Waals surface area contributed by atoms with Crippen molar-refractivity contribution in [1.29, 1.82) is 5.26 Å². The monoisotopic (exact) mass is 383 g/mol. The Labute approximate surface area is 159 Å². The molecule has 2 aromatic carbocycles. The number of benzene rings is 2. The molecule has 0 aliphatic heterocycles. The summed E-state index contributed by atoms with van der Waals surface area (Å²) in [7, 11) is -1.72.